The molecule has 0 amide bonds. The highest BCUT2D eigenvalue weighted by atomic mass is 31.1. The molecule has 5 rings (SSSR count). The minimum atomic E-state index is -0.556. The van der Waals surface area contributed by atoms with E-state index < -0.39 is 7.92 Å². The maximum atomic E-state index is 2.66. The van der Waals surface area contributed by atoms with Crippen LogP contribution in [0, 0.1) is 5.92 Å². The van der Waals surface area contributed by atoms with Gasteiger partial charge in [0.2, 0.25) is 0 Å². The van der Waals surface area contributed by atoms with Crippen LogP contribution in [0.5, 0.6) is 0 Å². The Bertz CT molecular complexity index is 959. The molecule has 0 aliphatic heterocycles. The molecule has 0 bridgehead atoms. The Morgan fingerprint density at radius 3 is 1.61 bits per heavy atom. The molecule has 2 atom stereocenters. The Morgan fingerprint density at radius 1 is 0.694 bits per heavy atom. The average molecular weight is 518 g/mol. The van der Waals surface area contributed by atoms with Crippen molar-refractivity contribution >= 4 is 26.5 Å². The molecule has 3 heteroatoms. The van der Waals surface area contributed by atoms with E-state index in [1.807, 2.05) is 5.31 Å². The first-order chi connectivity index (χ1) is 17.6. The second-order valence-electron chi connectivity index (χ2n) is 11.4. The molecule has 0 saturated heterocycles. The lowest BCUT2D eigenvalue weighted by molar-refractivity contribution is 0.281. The van der Waals surface area contributed by atoms with Gasteiger partial charge in [-0.25, -0.2) is 0 Å². The van der Waals surface area contributed by atoms with E-state index >= 15 is 0 Å². The smallest absolute Gasteiger partial charge is 0.0192 e. The van der Waals surface area contributed by atoms with Crippen molar-refractivity contribution in [2.45, 2.75) is 88.5 Å². The molecule has 0 N–H and O–H groups in total. The largest absolute Gasteiger partial charge is 0.306 e. The lowest BCUT2D eigenvalue weighted by atomic mass is 9.99. The minimum absolute atomic E-state index is 0.131. The third-order valence-corrected chi connectivity index (χ3v) is 15.2. The molecule has 2 fully saturated rings. The van der Waals surface area contributed by atoms with Gasteiger partial charge in [-0.1, -0.05) is 119 Å². The van der Waals surface area contributed by atoms with Gasteiger partial charge in [-0.3, -0.25) is 0 Å². The zero-order valence-corrected chi connectivity index (χ0v) is 24.4. The zero-order chi connectivity index (χ0) is 24.9. The number of rotatable bonds is 8. The monoisotopic (exact) mass is 517 g/mol. The second kappa shape index (κ2) is 12.5. The van der Waals surface area contributed by atoms with Gasteiger partial charge in [0.15, 0.2) is 0 Å². The van der Waals surface area contributed by atoms with Crippen molar-refractivity contribution in [1.82, 2.24) is 4.90 Å². The first kappa shape index (κ1) is 26.4. The average Bonchev–Trinajstić information content (AvgIpc) is 3.35. The third-order valence-electron chi connectivity index (χ3n) is 8.86. The molecular weight excluding hydrogens is 472 g/mol. The second-order valence-corrected chi connectivity index (χ2v) is 16.3. The summed E-state index contributed by atoms with van der Waals surface area (Å²) in [4.78, 5) is 2.45. The topological polar surface area (TPSA) is 3.24 Å². The summed E-state index contributed by atoms with van der Waals surface area (Å²) in [6.45, 7) is 2.45. The van der Waals surface area contributed by atoms with Gasteiger partial charge in [-0.2, -0.15) is 0 Å². The lowest BCUT2D eigenvalue weighted by Gasteiger charge is -2.41. The standard InChI is InChI=1S/C33H45NP2/c1-26(34(2)3)31-24-25-32(35(27-16-8-4-9-17-27)28-18-10-5-11-19-28)33(31)36(29-20-12-6-13-21-29)30-22-14-7-15-23-30/h6-7,12-15,20-28,31H,4-5,8-11,16-19H2,1-3H3. The fourth-order valence-electron chi connectivity index (χ4n) is 6.73. The van der Waals surface area contributed by atoms with Crippen LogP contribution in [0.3, 0.4) is 0 Å². The molecule has 36 heavy (non-hydrogen) atoms. The third kappa shape index (κ3) is 5.75. The van der Waals surface area contributed by atoms with Gasteiger partial charge in [0.1, 0.15) is 0 Å². The Kier molecular flexibility index (Phi) is 9.17. The normalized spacial score (nSPS) is 22.8. The number of nitrogens with zero attached hydrogens (tertiary/aromatic N) is 1. The molecule has 1 nitrogen and oxygen atoms in total. The first-order valence-corrected chi connectivity index (χ1v) is 17.2. The molecule has 2 aromatic rings. The van der Waals surface area contributed by atoms with Crippen LogP contribution in [0.2, 0.25) is 0 Å². The van der Waals surface area contributed by atoms with Gasteiger partial charge in [0.05, 0.1) is 0 Å². The summed E-state index contributed by atoms with van der Waals surface area (Å²) >= 11 is 0. The summed E-state index contributed by atoms with van der Waals surface area (Å²) in [5.74, 6) is 0.499. The van der Waals surface area contributed by atoms with Crippen molar-refractivity contribution in [3.63, 3.8) is 0 Å². The lowest BCUT2D eigenvalue weighted by Crippen LogP contribution is -2.33. The summed E-state index contributed by atoms with van der Waals surface area (Å²) in [7, 11) is 3.85. The van der Waals surface area contributed by atoms with E-state index in [0.29, 0.717) is 12.0 Å². The van der Waals surface area contributed by atoms with Crippen molar-refractivity contribution in [1.29, 1.82) is 0 Å². The maximum Gasteiger partial charge on any atom is 0.0192 e. The zero-order valence-electron chi connectivity index (χ0n) is 22.7. The first-order valence-electron chi connectivity index (χ1n) is 14.4. The summed E-state index contributed by atoms with van der Waals surface area (Å²) in [5, 5.41) is 6.66. The van der Waals surface area contributed by atoms with E-state index in [2.05, 4.69) is 98.7 Å². The fourth-order valence-corrected chi connectivity index (χ4v) is 14.0. The molecule has 0 heterocycles. The van der Waals surface area contributed by atoms with Crippen LogP contribution in [-0.4, -0.2) is 36.4 Å². The van der Waals surface area contributed by atoms with Crippen LogP contribution in [0.4, 0.5) is 0 Å². The van der Waals surface area contributed by atoms with Gasteiger partial charge in [-0.15, -0.1) is 0 Å². The van der Waals surface area contributed by atoms with Crippen molar-refractivity contribution in [2.75, 3.05) is 14.1 Å². The minimum Gasteiger partial charge on any atom is -0.306 e. The SMILES string of the molecule is CC(C1C=CC(P(C2CCCCC2)C2CCCCC2)=C1P(c1ccccc1)c1ccccc1)N(C)C. The quantitative estimate of drug-likeness (QED) is 0.317. The van der Waals surface area contributed by atoms with Gasteiger partial charge in [-0.05, 0) is 87.2 Å². The van der Waals surface area contributed by atoms with Crippen LogP contribution in [0.15, 0.2) is 83.4 Å². The summed E-state index contributed by atoms with van der Waals surface area (Å²) < 4.78 is 0. The van der Waals surface area contributed by atoms with Crippen LogP contribution in [0.1, 0.15) is 71.1 Å². The summed E-state index contributed by atoms with van der Waals surface area (Å²) in [6.07, 6.45) is 19.9. The van der Waals surface area contributed by atoms with Crippen LogP contribution < -0.4 is 10.6 Å². The fraction of sp³-hybridized carbons (Fsp3) is 0.515. The molecule has 0 spiro atoms. The van der Waals surface area contributed by atoms with E-state index in [4.69, 9.17) is 0 Å². The Labute approximate surface area is 223 Å². The van der Waals surface area contributed by atoms with Crippen molar-refractivity contribution in [2.24, 2.45) is 5.92 Å². The molecule has 3 aliphatic carbocycles. The molecule has 0 aromatic heterocycles. The van der Waals surface area contributed by atoms with Gasteiger partial charge in [0.25, 0.3) is 0 Å². The number of hydrogen-bond acceptors (Lipinski definition) is 1. The van der Waals surface area contributed by atoms with Crippen molar-refractivity contribution in [3.05, 3.63) is 83.4 Å². The maximum absolute atomic E-state index is 2.66. The van der Waals surface area contributed by atoms with E-state index in [0.717, 1.165) is 11.3 Å². The number of allylic oxidation sites excluding steroid dienone is 2. The predicted molar refractivity (Wildman–Crippen MR) is 163 cm³/mol. The van der Waals surface area contributed by atoms with Crippen molar-refractivity contribution in [3.8, 4) is 0 Å². The van der Waals surface area contributed by atoms with Crippen LogP contribution in [-0.2, 0) is 0 Å². The molecule has 2 saturated carbocycles. The number of hydrogen-bond donors (Lipinski definition) is 0. The highest BCUT2D eigenvalue weighted by Crippen LogP contribution is 2.67. The molecule has 192 valence electrons. The van der Waals surface area contributed by atoms with Crippen LogP contribution in [0.25, 0.3) is 0 Å². The highest BCUT2D eigenvalue weighted by molar-refractivity contribution is 7.78. The Hall–Kier alpha value is -1.26. The highest BCUT2D eigenvalue weighted by Gasteiger charge is 2.40. The Morgan fingerprint density at radius 2 is 1.17 bits per heavy atom. The van der Waals surface area contributed by atoms with E-state index in [-0.39, 0.29) is 7.92 Å². The molecule has 3 aliphatic rings. The number of benzene rings is 2. The van der Waals surface area contributed by atoms with Gasteiger partial charge < -0.3 is 4.90 Å². The van der Waals surface area contributed by atoms with Gasteiger partial charge >= 0.3 is 0 Å². The Balaban J connectivity index is 1.69. The molecular formula is C33H45NP2. The summed E-state index contributed by atoms with van der Waals surface area (Å²) in [5.41, 5.74) is 1.87. The van der Waals surface area contributed by atoms with E-state index in [1.165, 1.54) is 74.8 Å². The van der Waals surface area contributed by atoms with Crippen LogP contribution >= 0.6 is 15.8 Å². The molecule has 0 radical (unpaired) electrons. The molecule has 2 unspecified atom stereocenters. The van der Waals surface area contributed by atoms with Crippen molar-refractivity contribution < 1.29 is 0 Å². The van der Waals surface area contributed by atoms with E-state index in [1.54, 1.807) is 5.31 Å². The van der Waals surface area contributed by atoms with Gasteiger partial charge in [0, 0.05) is 12.0 Å². The van der Waals surface area contributed by atoms with E-state index in [9.17, 15) is 0 Å². The predicted octanol–water partition coefficient (Wildman–Crippen LogP) is 8.61. The molecule has 2 aromatic carbocycles. The summed E-state index contributed by atoms with van der Waals surface area (Å²) in [6, 6.07) is 23.5.